The predicted molar refractivity (Wildman–Crippen MR) is 141 cm³/mol. The van der Waals surface area contributed by atoms with Crippen molar-refractivity contribution < 1.29 is 4.79 Å². The lowest BCUT2D eigenvalue weighted by atomic mass is 9.87. The van der Waals surface area contributed by atoms with Crippen LogP contribution in [-0.2, 0) is 11.2 Å². The van der Waals surface area contributed by atoms with Gasteiger partial charge in [0.1, 0.15) is 0 Å². The number of pyridine rings is 1. The summed E-state index contributed by atoms with van der Waals surface area (Å²) in [5.74, 6) is 1.04. The van der Waals surface area contributed by atoms with E-state index in [0.717, 1.165) is 48.7 Å². The van der Waals surface area contributed by atoms with Crippen molar-refractivity contribution in [2.45, 2.75) is 65.7 Å². The first kappa shape index (κ1) is 23.3. The molecule has 0 saturated carbocycles. The fraction of sp³-hybridized carbons (Fsp3) is 0.414. The Kier molecular flexibility index (Phi) is 6.22. The van der Waals surface area contributed by atoms with Crippen molar-refractivity contribution in [3.8, 4) is 11.3 Å². The minimum atomic E-state index is 0.172. The number of aromatic amines is 2. The Bertz CT molecular complexity index is 1350. The highest BCUT2D eigenvalue weighted by Crippen LogP contribution is 2.38. The molecular formula is C29H35N5O. The van der Waals surface area contributed by atoms with E-state index in [1.54, 1.807) is 0 Å². The number of aromatic nitrogens is 4. The molecule has 35 heavy (non-hydrogen) atoms. The smallest absolute Gasteiger partial charge is 0.228 e. The van der Waals surface area contributed by atoms with Gasteiger partial charge in [-0.25, -0.2) is 0 Å². The van der Waals surface area contributed by atoms with Crippen molar-refractivity contribution in [1.29, 1.82) is 0 Å². The van der Waals surface area contributed by atoms with Crippen LogP contribution in [0.5, 0.6) is 0 Å². The SMILES string of the molecule is Cc1cc(-c2[nH]c3ccc(C4CCN(C(=O)Cc5cc(C)[nH]n5)CC4)cc3c2C(C)C)cc(C)n1. The Balaban J connectivity index is 1.37. The highest BCUT2D eigenvalue weighted by Gasteiger charge is 2.25. The molecular weight excluding hydrogens is 434 g/mol. The molecule has 3 aromatic heterocycles. The van der Waals surface area contributed by atoms with E-state index >= 15 is 0 Å². The van der Waals surface area contributed by atoms with Gasteiger partial charge in [0, 0.05) is 46.6 Å². The molecule has 1 amide bonds. The van der Waals surface area contributed by atoms with Crippen LogP contribution in [-0.4, -0.2) is 44.1 Å². The van der Waals surface area contributed by atoms with Crippen molar-refractivity contribution in [2.24, 2.45) is 0 Å². The summed E-state index contributed by atoms with van der Waals surface area (Å²) in [7, 11) is 0. The summed E-state index contributed by atoms with van der Waals surface area (Å²) in [6, 6.07) is 13.2. The maximum Gasteiger partial charge on any atom is 0.228 e. The van der Waals surface area contributed by atoms with Gasteiger partial charge in [-0.05, 0) is 86.9 Å². The average Bonchev–Trinajstić information content (AvgIpc) is 3.41. The zero-order chi connectivity index (χ0) is 24.7. The molecule has 1 aromatic carbocycles. The van der Waals surface area contributed by atoms with Gasteiger partial charge in [-0.2, -0.15) is 5.10 Å². The highest BCUT2D eigenvalue weighted by molar-refractivity contribution is 5.92. The molecule has 6 nitrogen and oxygen atoms in total. The van der Waals surface area contributed by atoms with Crippen LogP contribution in [0.2, 0.25) is 0 Å². The third-order valence-electron chi connectivity index (χ3n) is 7.22. The Morgan fingerprint density at radius 2 is 1.77 bits per heavy atom. The molecule has 0 aliphatic carbocycles. The van der Waals surface area contributed by atoms with Crippen molar-refractivity contribution in [2.75, 3.05) is 13.1 Å². The van der Waals surface area contributed by atoms with E-state index in [4.69, 9.17) is 0 Å². The first-order valence-corrected chi connectivity index (χ1v) is 12.7. The van der Waals surface area contributed by atoms with Gasteiger partial charge in [0.05, 0.1) is 17.8 Å². The number of amides is 1. The Hall–Kier alpha value is -3.41. The maximum atomic E-state index is 12.8. The van der Waals surface area contributed by atoms with Crippen LogP contribution in [0.4, 0.5) is 0 Å². The molecule has 0 atom stereocenters. The van der Waals surface area contributed by atoms with E-state index in [1.165, 1.54) is 33.3 Å². The number of piperidine rings is 1. The molecule has 0 unspecified atom stereocenters. The van der Waals surface area contributed by atoms with Gasteiger partial charge >= 0.3 is 0 Å². The van der Waals surface area contributed by atoms with E-state index in [0.29, 0.717) is 18.3 Å². The predicted octanol–water partition coefficient (Wildman–Crippen LogP) is 5.95. The van der Waals surface area contributed by atoms with E-state index in [9.17, 15) is 4.79 Å². The maximum absolute atomic E-state index is 12.8. The number of rotatable bonds is 5. The van der Waals surface area contributed by atoms with Crippen LogP contribution in [0.25, 0.3) is 22.2 Å². The molecule has 0 spiro atoms. The van der Waals surface area contributed by atoms with Gasteiger partial charge < -0.3 is 9.88 Å². The van der Waals surface area contributed by atoms with Crippen LogP contribution < -0.4 is 0 Å². The molecule has 1 aliphatic heterocycles. The van der Waals surface area contributed by atoms with Gasteiger partial charge in [0.15, 0.2) is 0 Å². The third kappa shape index (κ3) is 4.75. The Morgan fingerprint density at radius 3 is 2.40 bits per heavy atom. The number of H-pyrrole nitrogens is 2. The second-order valence-electron chi connectivity index (χ2n) is 10.4. The van der Waals surface area contributed by atoms with Crippen LogP contribution in [0, 0.1) is 20.8 Å². The number of aryl methyl sites for hydroxylation is 3. The molecule has 6 heteroatoms. The number of benzene rings is 1. The largest absolute Gasteiger partial charge is 0.354 e. The molecule has 1 saturated heterocycles. The minimum absolute atomic E-state index is 0.172. The fourth-order valence-corrected chi connectivity index (χ4v) is 5.58. The average molecular weight is 470 g/mol. The summed E-state index contributed by atoms with van der Waals surface area (Å²) in [6.45, 7) is 12.2. The van der Waals surface area contributed by atoms with Crippen LogP contribution in [0.15, 0.2) is 36.4 Å². The number of carbonyl (C=O) groups is 1. The lowest BCUT2D eigenvalue weighted by Crippen LogP contribution is -2.38. The molecule has 1 fully saturated rings. The second kappa shape index (κ2) is 9.33. The summed E-state index contributed by atoms with van der Waals surface area (Å²) >= 11 is 0. The quantitative estimate of drug-likeness (QED) is 0.379. The van der Waals surface area contributed by atoms with Crippen molar-refractivity contribution in [3.63, 3.8) is 0 Å². The molecule has 4 aromatic rings. The van der Waals surface area contributed by atoms with Crippen LogP contribution >= 0.6 is 0 Å². The third-order valence-corrected chi connectivity index (χ3v) is 7.22. The summed E-state index contributed by atoms with van der Waals surface area (Å²) in [5.41, 5.74) is 10.2. The fourth-order valence-electron chi connectivity index (χ4n) is 5.58. The van der Waals surface area contributed by atoms with Crippen LogP contribution in [0.1, 0.15) is 72.4 Å². The van der Waals surface area contributed by atoms with E-state index in [1.807, 2.05) is 17.9 Å². The molecule has 4 heterocycles. The monoisotopic (exact) mass is 469 g/mol. The van der Waals surface area contributed by atoms with Crippen LogP contribution in [0.3, 0.4) is 0 Å². The van der Waals surface area contributed by atoms with Crippen molar-refractivity contribution in [3.05, 3.63) is 70.3 Å². The topological polar surface area (TPSA) is 77.7 Å². The number of nitrogens with zero attached hydrogens (tertiary/aromatic N) is 3. The Morgan fingerprint density at radius 1 is 1.06 bits per heavy atom. The standard InChI is InChI=1S/C29H35N5O/c1-17(2)28-25-15-22(6-7-26(25)31-29(28)23-12-18(3)30-19(4)13-23)21-8-10-34(11-9-21)27(35)16-24-14-20(5)32-33-24/h6-7,12-15,17,21,31H,8-11,16H2,1-5H3,(H,32,33). The lowest BCUT2D eigenvalue weighted by molar-refractivity contribution is -0.131. The molecule has 182 valence electrons. The zero-order valence-electron chi connectivity index (χ0n) is 21.4. The van der Waals surface area contributed by atoms with E-state index in [-0.39, 0.29) is 5.91 Å². The van der Waals surface area contributed by atoms with E-state index in [2.05, 4.69) is 78.2 Å². The molecule has 0 radical (unpaired) electrons. The molecule has 5 rings (SSSR count). The number of hydrogen-bond acceptors (Lipinski definition) is 3. The summed E-state index contributed by atoms with van der Waals surface area (Å²) in [6.07, 6.45) is 2.36. The van der Waals surface area contributed by atoms with Crippen molar-refractivity contribution in [1.82, 2.24) is 25.1 Å². The minimum Gasteiger partial charge on any atom is -0.354 e. The number of nitrogens with one attached hydrogen (secondary N) is 2. The highest BCUT2D eigenvalue weighted by atomic mass is 16.2. The Labute approximate surface area is 207 Å². The number of likely N-dealkylation sites (tertiary alicyclic amines) is 1. The first-order valence-electron chi connectivity index (χ1n) is 12.7. The van der Waals surface area contributed by atoms with Crippen molar-refractivity contribution >= 4 is 16.8 Å². The normalized spacial score (nSPS) is 14.9. The molecule has 0 bridgehead atoms. The van der Waals surface area contributed by atoms with Gasteiger partial charge in [-0.1, -0.05) is 19.9 Å². The number of carbonyl (C=O) groups excluding carboxylic acids is 1. The van der Waals surface area contributed by atoms with E-state index < -0.39 is 0 Å². The summed E-state index contributed by atoms with van der Waals surface area (Å²) in [5, 5.41) is 8.45. The number of fused-ring (bicyclic) bond motifs is 1. The first-order chi connectivity index (χ1) is 16.8. The van der Waals surface area contributed by atoms with Gasteiger partial charge in [-0.3, -0.25) is 14.9 Å². The zero-order valence-corrected chi connectivity index (χ0v) is 21.4. The second-order valence-corrected chi connectivity index (χ2v) is 10.4. The lowest BCUT2D eigenvalue weighted by Gasteiger charge is -2.32. The molecule has 1 aliphatic rings. The molecule has 2 N–H and O–H groups in total. The number of hydrogen-bond donors (Lipinski definition) is 2. The summed E-state index contributed by atoms with van der Waals surface area (Å²) in [4.78, 5) is 23.0. The van der Waals surface area contributed by atoms with Gasteiger partial charge in [0.2, 0.25) is 5.91 Å². The van der Waals surface area contributed by atoms with Gasteiger partial charge in [-0.15, -0.1) is 0 Å². The van der Waals surface area contributed by atoms with Gasteiger partial charge in [0.25, 0.3) is 0 Å². The summed E-state index contributed by atoms with van der Waals surface area (Å²) < 4.78 is 0.